The Hall–Kier alpha value is -2.12. The molecule has 0 radical (unpaired) electrons. The third-order valence-corrected chi connectivity index (χ3v) is 5.59. The van der Waals surface area contributed by atoms with Crippen LogP contribution in [0.2, 0.25) is 0 Å². The average Bonchev–Trinajstić information content (AvgIpc) is 2.63. The van der Waals surface area contributed by atoms with Gasteiger partial charge in [0.15, 0.2) is 0 Å². The van der Waals surface area contributed by atoms with Gasteiger partial charge in [-0.1, -0.05) is 26.0 Å². The van der Waals surface area contributed by atoms with Crippen molar-refractivity contribution in [2.75, 3.05) is 35.9 Å². The van der Waals surface area contributed by atoms with Crippen LogP contribution in [-0.4, -0.2) is 39.7 Å². The van der Waals surface area contributed by atoms with Crippen LogP contribution in [0.25, 0.3) is 0 Å². The lowest BCUT2D eigenvalue weighted by Crippen LogP contribution is -2.36. The smallest absolute Gasteiger partial charge is 0.263 e. The Morgan fingerprint density at radius 1 is 1.08 bits per heavy atom. The van der Waals surface area contributed by atoms with Crippen molar-refractivity contribution in [1.29, 1.82) is 0 Å². The van der Waals surface area contributed by atoms with E-state index in [4.69, 9.17) is 4.74 Å². The second-order valence-electron chi connectivity index (χ2n) is 6.33. The summed E-state index contributed by atoms with van der Waals surface area (Å²) in [4.78, 5) is 6.64. The van der Waals surface area contributed by atoms with Crippen LogP contribution in [-0.2, 0) is 14.8 Å². The summed E-state index contributed by atoms with van der Waals surface area (Å²) in [5.74, 6) is 0.670. The van der Waals surface area contributed by atoms with Crippen molar-refractivity contribution >= 4 is 21.5 Å². The fourth-order valence-electron chi connectivity index (χ4n) is 2.68. The number of nitrogens with zero attached hydrogens (tertiary/aromatic N) is 2. The van der Waals surface area contributed by atoms with E-state index in [0.29, 0.717) is 24.9 Å². The van der Waals surface area contributed by atoms with Crippen molar-refractivity contribution in [1.82, 2.24) is 4.98 Å². The lowest BCUT2D eigenvalue weighted by molar-refractivity contribution is 0.122. The summed E-state index contributed by atoms with van der Waals surface area (Å²) < 4.78 is 32.8. The van der Waals surface area contributed by atoms with E-state index in [9.17, 15) is 8.42 Å². The van der Waals surface area contributed by atoms with Gasteiger partial charge in [0.1, 0.15) is 5.82 Å². The van der Waals surface area contributed by atoms with Crippen molar-refractivity contribution < 1.29 is 13.2 Å². The molecule has 0 atom stereocenters. The van der Waals surface area contributed by atoms with Crippen LogP contribution in [0.15, 0.2) is 47.5 Å². The standard InChI is InChI=1S/C18H23N3O3S/c1-14(2)15-3-6-17(7-4-15)25(22,23)20-18-8-5-16(13-19-18)21-9-11-24-12-10-21/h3-8,13-14H,9-12H2,1-2H3,(H,19,20). The molecular formula is C18H23N3O3S. The second-order valence-corrected chi connectivity index (χ2v) is 8.01. The third kappa shape index (κ3) is 4.29. The Labute approximate surface area is 148 Å². The lowest BCUT2D eigenvalue weighted by Gasteiger charge is -2.28. The first kappa shape index (κ1) is 17.7. The molecule has 1 aromatic carbocycles. The van der Waals surface area contributed by atoms with Crippen LogP contribution < -0.4 is 9.62 Å². The van der Waals surface area contributed by atoms with Crippen molar-refractivity contribution in [2.24, 2.45) is 0 Å². The van der Waals surface area contributed by atoms with Crippen LogP contribution in [0.1, 0.15) is 25.3 Å². The van der Waals surface area contributed by atoms with E-state index in [1.54, 1.807) is 24.4 Å². The van der Waals surface area contributed by atoms with Gasteiger partial charge in [0, 0.05) is 13.1 Å². The molecule has 0 aliphatic carbocycles. The first-order chi connectivity index (χ1) is 12.0. The van der Waals surface area contributed by atoms with Gasteiger partial charge in [-0.15, -0.1) is 0 Å². The van der Waals surface area contributed by atoms with Crippen molar-refractivity contribution in [3.05, 3.63) is 48.2 Å². The maximum absolute atomic E-state index is 12.5. The molecule has 1 N–H and O–H groups in total. The molecule has 1 fully saturated rings. The van der Waals surface area contributed by atoms with Crippen molar-refractivity contribution in [2.45, 2.75) is 24.7 Å². The first-order valence-corrected chi connectivity index (χ1v) is 9.85. The molecule has 0 spiro atoms. The molecule has 0 bridgehead atoms. The van der Waals surface area contributed by atoms with Gasteiger partial charge in [0.25, 0.3) is 10.0 Å². The van der Waals surface area contributed by atoms with Gasteiger partial charge < -0.3 is 9.64 Å². The summed E-state index contributed by atoms with van der Waals surface area (Å²) in [6.45, 7) is 7.16. The number of hydrogen-bond acceptors (Lipinski definition) is 5. The molecule has 2 heterocycles. The summed E-state index contributed by atoms with van der Waals surface area (Å²) in [6, 6.07) is 10.5. The third-order valence-electron chi connectivity index (χ3n) is 4.22. The van der Waals surface area contributed by atoms with E-state index in [0.717, 1.165) is 24.3 Å². The number of aromatic nitrogens is 1. The van der Waals surface area contributed by atoms with Crippen LogP contribution >= 0.6 is 0 Å². The normalized spacial score (nSPS) is 15.4. The number of morpholine rings is 1. The van der Waals surface area contributed by atoms with Gasteiger partial charge in [0.2, 0.25) is 0 Å². The molecule has 1 aromatic heterocycles. The molecule has 25 heavy (non-hydrogen) atoms. The summed E-state index contributed by atoms with van der Waals surface area (Å²) in [5.41, 5.74) is 2.07. The topological polar surface area (TPSA) is 71.5 Å². The van der Waals surface area contributed by atoms with Crippen LogP contribution in [0, 0.1) is 0 Å². The zero-order valence-corrected chi connectivity index (χ0v) is 15.3. The molecule has 1 saturated heterocycles. The summed E-state index contributed by atoms with van der Waals surface area (Å²) in [6.07, 6.45) is 1.69. The Morgan fingerprint density at radius 3 is 2.32 bits per heavy atom. The van der Waals surface area contributed by atoms with Crippen LogP contribution in [0.3, 0.4) is 0 Å². The predicted molar refractivity (Wildman–Crippen MR) is 98.6 cm³/mol. The zero-order chi connectivity index (χ0) is 17.9. The number of pyridine rings is 1. The van der Waals surface area contributed by atoms with Gasteiger partial charge in [0.05, 0.1) is 30.0 Å². The predicted octanol–water partition coefficient (Wildman–Crippen LogP) is 2.84. The van der Waals surface area contributed by atoms with Gasteiger partial charge in [-0.25, -0.2) is 13.4 Å². The number of sulfonamides is 1. The quantitative estimate of drug-likeness (QED) is 0.887. The highest BCUT2D eigenvalue weighted by atomic mass is 32.2. The molecule has 2 aromatic rings. The lowest BCUT2D eigenvalue weighted by atomic mass is 10.0. The Balaban J connectivity index is 1.72. The summed E-state index contributed by atoms with van der Waals surface area (Å²) >= 11 is 0. The minimum Gasteiger partial charge on any atom is -0.378 e. The highest BCUT2D eigenvalue weighted by molar-refractivity contribution is 7.92. The number of rotatable bonds is 5. The van der Waals surface area contributed by atoms with E-state index < -0.39 is 10.0 Å². The molecule has 7 heteroatoms. The largest absolute Gasteiger partial charge is 0.378 e. The monoisotopic (exact) mass is 361 g/mol. The van der Waals surface area contributed by atoms with E-state index >= 15 is 0 Å². The molecule has 6 nitrogen and oxygen atoms in total. The molecular weight excluding hydrogens is 338 g/mol. The molecule has 3 rings (SSSR count). The van der Waals surface area contributed by atoms with Crippen molar-refractivity contribution in [3.8, 4) is 0 Å². The van der Waals surface area contributed by atoms with E-state index in [1.165, 1.54) is 0 Å². The highest BCUT2D eigenvalue weighted by Gasteiger charge is 2.16. The van der Waals surface area contributed by atoms with Gasteiger partial charge >= 0.3 is 0 Å². The molecule has 0 unspecified atom stereocenters. The van der Waals surface area contributed by atoms with Gasteiger partial charge in [-0.2, -0.15) is 0 Å². The van der Waals surface area contributed by atoms with Crippen LogP contribution in [0.4, 0.5) is 11.5 Å². The minimum atomic E-state index is -3.64. The fraction of sp³-hybridized carbons (Fsp3) is 0.389. The number of anilines is 2. The summed E-state index contributed by atoms with van der Waals surface area (Å²) in [5, 5.41) is 0. The van der Waals surface area contributed by atoms with Crippen molar-refractivity contribution in [3.63, 3.8) is 0 Å². The first-order valence-electron chi connectivity index (χ1n) is 8.37. The molecule has 1 aliphatic heterocycles. The van der Waals surface area contributed by atoms with Crippen LogP contribution in [0.5, 0.6) is 0 Å². The molecule has 0 amide bonds. The maximum Gasteiger partial charge on any atom is 0.263 e. The fourth-order valence-corrected chi connectivity index (χ4v) is 3.69. The Morgan fingerprint density at radius 2 is 1.76 bits per heavy atom. The second kappa shape index (κ2) is 7.41. The number of ether oxygens (including phenoxy) is 1. The number of benzene rings is 1. The van der Waals surface area contributed by atoms with E-state index in [-0.39, 0.29) is 4.90 Å². The highest BCUT2D eigenvalue weighted by Crippen LogP contribution is 2.21. The van der Waals surface area contributed by atoms with E-state index in [1.807, 2.05) is 18.2 Å². The SMILES string of the molecule is CC(C)c1ccc(S(=O)(=O)Nc2ccc(N3CCOCC3)cn2)cc1. The average molecular weight is 361 g/mol. The molecule has 0 saturated carbocycles. The number of hydrogen-bond donors (Lipinski definition) is 1. The van der Waals surface area contributed by atoms with E-state index in [2.05, 4.69) is 28.5 Å². The Bertz CT molecular complexity index is 796. The molecule has 1 aliphatic rings. The zero-order valence-electron chi connectivity index (χ0n) is 14.5. The van der Waals surface area contributed by atoms with Gasteiger partial charge in [-0.3, -0.25) is 4.72 Å². The maximum atomic E-state index is 12.5. The van der Waals surface area contributed by atoms with Gasteiger partial charge in [-0.05, 0) is 35.7 Å². The molecule has 134 valence electrons. The minimum absolute atomic E-state index is 0.232. The summed E-state index contributed by atoms with van der Waals surface area (Å²) in [7, 11) is -3.64. The Kier molecular flexibility index (Phi) is 5.24. The number of nitrogens with one attached hydrogen (secondary N) is 1.